The van der Waals surface area contributed by atoms with Gasteiger partial charge < -0.3 is 9.47 Å². The fraction of sp³-hybridized carbons (Fsp3) is 0.385. The van der Waals surface area contributed by atoms with Crippen molar-refractivity contribution in [1.29, 1.82) is 0 Å². The number of ether oxygens (including phenoxy) is 2. The smallest absolute Gasteiger partial charge is 0.332 e. The molecule has 0 unspecified atom stereocenters. The average Bonchev–Trinajstić information content (AvgIpc) is 3.47. The Morgan fingerprint density at radius 2 is 1.05 bits per heavy atom. The molecular formula is C26H30N8O6. The molecule has 0 N–H and O–H groups in total. The number of hydrogen-bond acceptors (Lipinski definition) is 8. The Morgan fingerprint density at radius 1 is 0.650 bits per heavy atom. The van der Waals surface area contributed by atoms with E-state index in [1.165, 1.54) is 23.2 Å². The molecule has 0 saturated heterocycles. The molecule has 5 rings (SSSR count). The Hall–Kier alpha value is -4.88. The number of nitrogens with zero attached hydrogens (tertiary/aromatic N) is 8. The molecule has 0 bridgehead atoms. The minimum Gasteiger partial charge on any atom is -0.425 e. The Morgan fingerprint density at radius 3 is 1.43 bits per heavy atom. The van der Waals surface area contributed by atoms with Crippen molar-refractivity contribution in [3.8, 4) is 23.5 Å². The molecule has 0 aliphatic rings. The van der Waals surface area contributed by atoms with Crippen molar-refractivity contribution in [1.82, 2.24) is 37.4 Å². The van der Waals surface area contributed by atoms with Gasteiger partial charge in [0.25, 0.3) is 11.1 Å². The molecule has 4 heterocycles. The van der Waals surface area contributed by atoms with Crippen molar-refractivity contribution in [2.24, 2.45) is 28.2 Å². The molecule has 0 aliphatic heterocycles. The Balaban J connectivity index is 1.57. The van der Waals surface area contributed by atoms with Crippen LogP contribution >= 0.6 is 0 Å². The van der Waals surface area contributed by atoms with Crippen molar-refractivity contribution in [3.05, 3.63) is 65.9 Å². The van der Waals surface area contributed by atoms with Crippen LogP contribution in [0.2, 0.25) is 0 Å². The van der Waals surface area contributed by atoms with Crippen LogP contribution < -0.4 is 32.0 Å². The van der Waals surface area contributed by atoms with Gasteiger partial charge in [0.05, 0.1) is 0 Å². The van der Waals surface area contributed by atoms with Crippen molar-refractivity contribution < 1.29 is 9.47 Å². The van der Waals surface area contributed by atoms with Crippen molar-refractivity contribution in [2.45, 2.75) is 39.8 Å². The average molecular weight is 551 g/mol. The van der Waals surface area contributed by atoms with Crippen molar-refractivity contribution >= 4 is 22.3 Å². The molecule has 40 heavy (non-hydrogen) atoms. The van der Waals surface area contributed by atoms with E-state index in [9.17, 15) is 19.2 Å². The van der Waals surface area contributed by atoms with Gasteiger partial charge in [0.2, 0.25) is 0 Å². The SMILES string of the molecule is CCCn1c(Oc2cccc(Oc3nc4c(c(=O)n(C)c(=O)n4C)n3CCC)c2)nc2c1c(=O)n(C)c(=O)n2C. The minimum atomic E-state index is -0.483. The highest BCUT2D eigenvalue weighted by Gasteiger charge is 2.22. The molecule has 14 nitrogen and oxygen atoms in total. The third-order valence-electron chi connectivity index (χ3n) is 6.74. The fourth-order valence-electron chi connectivity index (χ4n) is 4.68. The molecule has 0 amide bonds. The second kappa shape index (κ2) is 10.0. The summed E-state index contributed by atoms with van der Waals surface area (Å²) in [6.45, 7) is 4.82. The molecule has 210 valence electrons. The van der Waals surface area contributed by atoms with E-state index in [2.05, 4.69) is 9.97 Å². The summed E-state index contributed by atoms with van der Waals surface area (Å²) in [6.07, 6.45) is 1.40. The van der Waals surface area contributed by atoms with E-state index in [0.29, 0.717) is 37.4 Å². The number of benzene rings is 1. The van der Waals surface area contributed by atoms with E-state index >= 15 is 0 Å². The van der Waals surface area contributed by atoms with E-state index in [1.807, 2.05) is 13.8 Å². The normalized spacial score (nSPS) is 11.6. The Labute approximate surface area is 226 Å². The molecular weight excluding hydrogens is 520 g/mol. The summed E-state index contributed by atoms with van der Waals surface area (Å²) in [7, 11) is 5.96. The van der Waals surface area contributed by atoms with Gasteiger partial charge in [-0.2, -0.15) is 9.97 Å². The van der Waals surface area contributed by atoms with Crippen LogP contribution in [0.25, 0.3) is 22.3 Å². The quantitative estimate of drug-likeness (QED) is 0.284. The highest BCUT2D eigenvalue weighted by atomic mass is 16.5. The molecule has 5 aromatic rings. The second-order valence-corrected chi connectivity index (χ2v) is 9.53. The predicted molar refractivity (Wildman–Crippen MR) is 148 cm³/mol. The lowest BCUT2D eigenvalue weighted by molar-refractivity contribution is 0.396. The van der Waals surface area contributed by atoms with Gasteiger partial charge in [0.15, 0.2) is 22.3 Å². The summed E-state index contributed by atoms with van der Waals surface area (Å²) in [4.78, 5) is 59.7. The first-order valence-electron chi connectivity index (χ1n) is 12.9. The Bertz CT molecular complexity index is 1880. The third-order valence-corrected chi connectivity index (χ3v) is 6.74. The molecule has 0 spiro atoms. The topological polar surface area (TPSA) is 142 Å². The number of aromatic nitrogens is 8. The van der Waals surface area contributed by atoms with Crippen molar-refractivity contribution in [2.75, 3.05) is 0 Å². The van der Waals surface area contributed by atoms with Crippen molar-refractivity contribution in [3.63, 3.8) is 0 Å². The van der Waals surface area contributed by atoms with Crippen LogP contribution in [0.1, 0.15) is 26.7 Å². The number of imidazole rings is 2. The summed E-state index contributed by atoms with van der Waals surface area (Å²) < 4.78 is 20.2. The van der Waals surface area contributed by atoms with Gasteiger partial charge in [0, 0.05) is 47.3 Å². The summed E-state index contributed by atoms with van der Waals surface area (Å²) in [5.74, 6) is 0.738. The highest BCUT2D eigenvalue weighted by molar-refractivity contribution is 5.73. The second-order valence-electron chi connectivity index (χ2n) is 9.53. The van der Waals surface area contributed by atoms with Crippen LogP contribution in [0.15, 0.2) is 43.4 Å². The zero-order valence-electron chi connectivity index (χ0n) is 23.2. The van der Waals surface area contributed by atoms with E-state index in [0.717, 1.165) is 9.13 Å². The number of fused-ring (bicyclic) bond motifs is 2. The van der Waals surface area contributed by atoms with Gasteiger partial charge in [-0.25, -0.2) is 9.59 Å². The predicted octanol–water partition coefficient (Wildman–Crippen LogP) is 1.59. The monoisotopic (exact) mass is 550 g/mol. The van der Waals surface area contributed by atoms with E-state index in [-0.39, 0.29) is 34.3 Å². The van der Waals surface area contributed by atoms with Crippen LogP contribution in [-0.4, -0.2) is 37.4 Å². The molecule has 14 heteroatoms. The zero-order chi connectivity index (χ0) is 28.9. The standard InChI is InChI=1S/C26H30N8O6/c1-7-12-33-17-19(29(3)25(37)31(5)21(17)35)27-23(33)39-15-10-9-11-16(14-15)40-24-28-20-18(34(24)13-8-2)22(36)32(6)26(38)30(20)4/h9-11,14H,7-8,12-13H2,1-6H3. The van der Waals surface area contributed by atoms with Crippen LogP contribution in [0.3, 0.4) is 0 Å². The lowest BCUT2D eigenvalue weighted by atomic mass is 10.3. The van der Waals surface area contributed by atoms with Gasteiger partial charge >= 0.3 is 23.4 Å². The van der Waals surface area contributed by atoms with E-state index in [1.54, 1.807) is 47.5 Å². The van der Waals surface area contributed by atoms with Gasteiger partial charge in [-0.3, -0.25) is 37.0 Å². The first kappa shape index (κ1) is 26.7. The molecule has 0 saturated carbocycles. The number of hydrogen-bond donors (Lipinski definition) is 0. The first-order valence-corrected chi connectivity index (χ1v) is 12.9. The van der Waals surface area contributed by atoms with E-state index in [4.69, 9.17) is 9.47 Å². The fourth-order valence-corrected chi connectivity index (χ4v) is 4.68. The summed E-state index contributed by atoms with van der Waals surface area (Å²) in [6, 6.07) is 7.06. The van der Waals surface area contributed by atoms with Crippen LogP contribution in [-0.2, 0) is 41.3 Å². The van der Waals surface area contributed by atoms with Gasteiger partial charge in [0.1, 0.15) is 11.5 Å². The van der Waals surface area contributed by atoms with Crippen LogP contribution in [0, 0.1) is 0 Å². The first-order chi connectivity index (χ1) is 19.1. The number of aryl methyl sites for hydroxylation is 4. The summed E-state index contributed by atoms with van der Waals surface area (Å²) in [5, 5.41) is 0. The molecule has 0 aliphatic carbocycles. The largest absolute Gasteiger partial charge is 0.425 e. The third kappa shape index (κ3) is 4.12. The maximum atomic E-state index is 12.9. The summed E-state index contributed by atoms with van der Waals surface area (Å²) in [5.41, 5.74) is -0.883. The number of rotatable bonds is 8. The highest BCUT2D eigenvalue weighted by Crippen LogP contribution is 2.30. The maximum Gasteiger partial charge on any atom is 0.332 e. The maximum absolute atomic E-state index is 12.9. The lowest BCUT2D eigenvalue weighted by Gasteiger charge is -2.11. The molecule has 0 atom stereocenters. The van der Waals surface area contributed by atoms with Gasteiger partial charge in [-0.05, 0) is 25.0 Å². The van der Waals surface area contributed by atoms with Gasteiger partial charge in [-0.15, -0.1) is 0 Å². The lowest BCUT2D eigenvalue weighted by Crippen LogP contribution is -2.37. The molecule has 0 fully saturated rings. The van der Waals surface area contributed by atoms with E-state index < -0.39 is 22.5 Å². The minimum absolute atomic E-state index is 0.156. The molecule has 4 aromatic heterocycles. The Kier molecular flexibility index (Phi) is 6.69. The molecule has 1 aromatic carbocycles. The molecule has 0 radical (unpaired) electrons. The van der Waals surface area contributed by atoms with Crippen LogP contribution in [0.4, 0.5) is 0 Å². The van der Waals surface area contributed by atoms with Crippen LogP contribution in [0.5, 0.6) is 23.5 Å². The summed E-state index contributed by atoms with van der Waals surface area (Å²) >= 11 is 0. The zero-order valence-corrected chi connectivity index (χ0v) is 23.2. The van der Waals surface area contributed by atoms with Gasteiger partial charge in [-0.1, -0.05) is 19.9 Å².